The van der Waals surface area contributed by atoms with Crippen LogP contribution in [-0.4, -0.2) is 18.1 Å². The maximum Gasteiger partial charge on any atom is 0.0406 e. The topological polar surface area (TPSA) is 24.9 Å². The van der Waals surface area contributed by atoms with E-state index in [1.54, 1.807) is 0 Å². The van der Waals surface area contributed by atoms with Crippen LogP contribution in [0.5, 0.6) is 0 Å². The molecule has 1 unspecified atom stereocenters. The lowest BCUT2D eigenvalue weighted by Crippen LogP contribution is -2.30. The van der Waals surface area contributed by atoms with Crippen LogP contribution in [-0.2, 0) is 6.42 Å². The number of hydrogen-bond acceptors (Lipinski definition) is 2. The maximum atomic E-state index is 4.35. The summed E-state index contributed by atoms with van der Waals surface area (Å²) in [6.45, 7) is 2.36. The minimum atomic E-state index is 0. The molecular formula is C11H18Cl2N2. The monoisotopic (exact) mass is 248 g/mol. The molecule has 0 aliphatic carbocycles. The molecule has 2 rings (SSSR count). The van der Waals surface area contributed by atoms with Gasteiger partial charge in [0.05, 0.1) is 0 Å². The van der Waals surface area contributed by atoms with Crippen LogP contribution in [0.2, 0.25) is 0 Å². The van der Waals surface area contributed by atoms with Gasteiger partial charge >= 0.3 is 0 Å². The van der Waals surface area contributed by atoms with Gasteiger partial charge in [-0.05, 0) is 50.4 Å². The molecule has 1 aromatic heterocycles. The Balaban J connectivity index is 0.000000980. The van der Waals surface area contributed by atoms with Gasteiger partial charge < -0.3 is 5.32 Å². The summed E-state index contributed by atoms with van der Waals surface area (Å²) in [5.41, 5.74) is 1.23. The van der Waals surface area contributed by atoms with Crippen molar-refractivity contribution in [2.75, 3.05) is 13.1 Å². The molecule has 2 nitrogen and oxygen atoms in total. The van der Waals surface area contributed by atoms with Crippen molar-refractivity contribution in [1.82, 2.24) is 10.3 Å². The highest BCUT2D eigenvalue weighted by molar-refractivity contribution is 5.85. The Kier molecular flexibility index (Phi) is 7.75. The lowest BCUT2D eigenvalue weighted by Gasteiger charge is -2.22. The Bertz CT molecular complexity index is 248. The molecule has 15 heavy (non-hydrogen) atoms. The molecule has 1 atom stereocenters. The van der Waals surface area contributed by atoms with E-state index >= 15 is 0 Å². The van der Waals surface area contributed by atoms with Crippen LogP contribution < -0.4 is 5.32 Å². The second-order valence-corrected chi connectivity index (χ2v) is 3.74. The van der Waals surface area contributed by atoms with E-state index in [0.717, 1.165) is 18.9 Å². The van der Waals surface area contributed by atoms with Gasteiger partial charge in [0.25, 0.3) is 0 Å². The quantitative estimate of drug-likeness (QED) is 0.870. The van der Waals surface area contributed by atoms with Crippen LogP contribution in [0.3, 0.4) is 0 Å². The fraction of sp³-hybridized carbons (Fsp3) is 0.545. The molecule has 1 aliphatic rings. The molecule has 0 saturated carbocycles. The van der Waals surface area contributed by atoms with E-state index in [1.807, 2.05) is 12.3 Å². The highest BCUT2D eigenvalue weighted by atomic mass is 35.5. The zero-order chi connectivity index (χ0) is 8.93. The summed E-state index contributed by atoms with van der Waals surface area (Å²) in [6, 6.07) is 6.16. The first-order valence-corrected chi connectivity index (χ1v) is 5.06. The first-order valence-electron chi connectivity index (χ1n) is 5.06. The van der Waals surface area contributed by atoms with Crippen molar-refractivity contribution in [3.8, 4) is 0 Å². The van der Waals surface area contributed by atoms with Gasteiger partial charge in [0.15, 0.2) is 0 Å². The number of pyridine rings is 1. The number of piperidine rings is 1. The number of hydrogen-bond donors (Lipinski definition) is 1. The molecule has 4 heteroatoms. The van der Waals surface area contributed by atoms with Gasteiger partial charge in [-0.25, -0.2) is 0 Å². The fourth-order valence-electron chi connectivity index (χ4n) is 1.91. The summed E-state index contributed by atoms with van der Waals surface area (Å²) < 4.78 is 0. The molecule has 86 valence electrons. The fourth-order valence-corrected chi connectivity index (χ4v) is 1.91. The summed E-state index contributed by atoms with van der Waals surface area (Å²) in [5.74, 6) is 0.795. The van der Waals surface area contributed by atoms with Crippen LogP contribution >= 0.6 is 24.8 Å². The molecule has 1 aromatic rings. The third-order valence-electron chi connectivity index (χ3n) is 2.62. The second-order valence-electron chi connectivity index (χ2n) is 3.74. The first-order chi connectivity index (χ1) is 6.45. The highest BCUT2D eigenvalue weighted by Gasteiger charge is 2.13. The van der Waals surface area contributed by atoms with E-state index in [0.29, 0.717) is 0 Å². The van der Waals surface area contributed by atoms with E-state index < -0.39 is 0 Å². The van der Waals surface area contributed by atoms with Crippen molar-refractivity contribution < 1.29 is 0 Å². The zero-order valence-corrected chi connectivity index (χ0v) is 10.3. The Morgan fingerprint density at radius 2 is 2.20 bits per heavy atom. The molecule has 1 fully saturated rings. The standard InChI is InChI=1S/C11H16N2.2ClH/c1-2-7-13-11(5-1)8-10-4-3-6-12-9-10;;/h1-2,5,7,10,12H,3-4,6,8-9H2;2*1H. The van der Waals surface area contributed by atoms with Crippen molar-refractivity contribution in [1.29, 1.82) is 0 Å². The summed E-state index contributed by atoms with van der Waals surface area (Å²) in [6.07, 6.45) is 5.68. The summed E-state index contributed by atoms with van der Waals surface area (Å²) >= 11 is 0. The molecule has 0 aromatic carbocycles. The van der Waals surface area contributed by atoms with Gasteiger partial charge in [-0.1, -0.05) is 6.07 Å². The average Bonchev–Trinajstić information content (AvgIpc) is 2.21. The van der Waals surface area contributed by atoms with E-state index in [-0.39, 0.29) is 24.8 Å². The molecule has 0 spiro atoms. The molecule has 1 saturated heterocycles. The van der Waals surface area contributed by atoms with Gasteiger partial charge in [0, 0.05) is 11.9 Å². The Morgan fingerprint density at radius 3 is 2.80 bits per heavy atom. The molecule has 1 N–H and O–H groups in total. The third kappa shape index (κ3) is 4.83. The highest BCUT2D eigenvalue weighted by Crippen LogP contribution is 2.14. The summed E-state index contributed by atoms with van der Waals surface area (Å²) in [5, 5.41) is 3.43. The van der Waals surface area contributed by atoms with Crippen LogP contribution in [0, 0.1) is 5.92 Å². The van der Waals surface area contributed by atoms with Crippen molar-refractivity contribution in [3.63, 3.8) is 0 Å². The van der Waals surface area contributed by atoms with Crippen LogP contribution in [0.1, 0.15) is 18.5 Å². The molecule has 0 radical (unpaired) electrons. The Morgan fingerprint density at radius 1 is 1.33 bits per heavy atom. The lowest BCUT2D eigenvalue weighted by atomic mass is 9.94. The maximum absolute atomic E-state index is 4.35. The predicted octanol–water partition coefficient (Wildman–Crippen LogP) is 2.47. The van der Waals surface area contributed by atoms with Gasteiger partial charge in [-0.15, -0.1) is 24.8 Å². The van der Waals surface area contributed by atoms with Crippen LogP contribution in [0.4, 0.5) is 0 Å². The lowest BCUT2D eigenvalue weighted by molar-refractivity contribution is 0.373. The van der Waals surface area contributed by atoms with E-state index in [2.05, 4.69) is 22.4 Å². The third-order valence-corrected chi connectivity index (χ3v) is 2.62. The molecule has 2 heterocycles. The SMILES string of the molecule is Cl.Cl.c1ccc(CC2CCCNC2)nc1. The zero-order valence-electron chi connectivity index (χ0n) is 8.69. The summed E-state index contributed by atoms with van der Waals surface area (Å²) in [7, 11) is 0. The second kappa shape index (κ2) is 7.91. The molecule has 0 amide bonds. The number of nitrogens with zero attached hydrogens (tertiary/aromatic N) is 1. The van der Waals surface area contributed by atoms with Crippen LogP contribution in [0.25, 0.3) is 0 Å². The predicted molar refractivity (Wildman–Crippen MR) is 68.0 cm³/mol. The van der Waals surface area contributed by atoms with Crippen molar-refractivity contribution >= 4 is 24.8 Å². The minimum absolute atomic E-state index is 0. The van der Waals surface area contributed by atoms with Crippen molar-refractivity contribution in [2.45, 2.75) is 19.3 Å². The van der Waals surface area contributed by atoms with Gasteiger partial charge in [0.2, 0.25) is 0 Å². The Labute approximate surface area is 104 Å². The molecular weight excluding hydrogens is 231 g/mol. The van der Waals surface area contributed by atoms with Crippen molar-refractivity contribution in [2.24, 2.45) is 5.92 Å². The minimum Gasteiger partial charge on any atom is -0.316 e. The van der Waals surface area contributed by atoms with Gasteiger partial charge in [0.1, 0.15) is 0 Å². The van der Waals surface area contributed by atoms with E-state index in [4.69, 9.17) is 0 Å². The number of aromatic nitrogens is 1. The van der Waals surface area contributed by atoms with E-state index in [9.17, 15) is 0 Å². The number of halogens is 2. The average molecular weight is 249 g/mol. The Hall–Kier alpha value is -0.310. The molecule has 1 aliphatic heterocycles. The van der Waals surface area contributed by atoms with Gasteiger partial charge in [-0.3, -0.25) is 4.98 Å². The smallest absolute Gasteiger partial charge is 0.0406 e. The van der Waals surface area contributed by atoms with Crippen molar-refractivity contribution in [3.05, 3.63) is 30.1 Å². The van der Waals surface area contributed by atoms with Crippen LogP contribution in [0.15, 0.2) is 24.4 Å². The van der Waals surface area contributed by atoms with Gasteiger partial charge in [-0.2, -0.15) is 0 Å². The number of nitrogens with one attached hydrogen (secondary N) is 1. The summed E-state index contributed by atoms with van der Waals surface area (Å²) in [4.78, 5) is 4.35. The van der Waals surface area contributed by atoms with E-state index in [1.165, 1.54) is 25.1 Å². The largest absolute Gasteiger partial charge is 0.316 e. The number of rotatable bonds is 2. The first kappa shape index (κ1) is 14.7. The normalized spacial score (nSPS) is 19.9. The molecule has 0 bridgehead atoms.